The van der Waals surface area contributed by atoms with E-state index in [-0.39, 0.29) is 5.92 Å². The van der Waals surface area contributed by atoms with Crippen LogP contribution in [-0.2, 0) is 6.54 Å². The summed E-state index contributed by atoms with van der Waals surface area (Å²) in [5.74, 6) is 2.00. The molecular formula is C28H40N2O3. The van der Waals surface area contributed by atoms with E-state index in [1.54, 1.807) is 14.2 Å². The van der Waals surface area contributed by atoms with Crippen LogP contribution in [0, 0.1) is 0 Å². The van der Waals surface area contributed by atoms with Gasteiger partial charge in [-0.05, 0) is 49.6 Å². The molecule has 1 aliphatic heterocycles. The first-order valence-electron chi connectivity index (χ1n) is 12.5. The minimum absolute atomic E-state index is 0.152. The normalized spacial score (nSPS) is 20.3. The molecule has 2 aromatic carbocycles. The van der Waals surface area contributed by atoms with Crippen LogP contribution >= 0.6 is 0 Å². The molecular weight excluding hydrogens is 412 g/mol. The summed E-state index contributed by atoms with van der Waals surface area (Å²) in [6.45, 7) is 6.21. The van der Waals surface area contributed by atoms with Crippen LogP contribution in [0.1, 0.15) is 55.6 Å². The Labute approximate surface area is 199 Å². The SMILES string of the molecule is COc1cccc(C(CCN2CCN(Cc3ccccc3OC)CC2)C2(O)CCCCC2)c1. The minimum atomic E-state index is -0.601. The lowest BCUT2D eigenvalue weighted by molar-refractivity contribution is -0.0273. The Balaban J connectivity index is 1.36. The molecule has 1 saturated heterocycles. The average molecular weight is 453 g/mol. The van der Waals surface area contributed by atoms with Crippen LogP contribution in [0.15, 0.2) is 48.5 Å². The van der Waals surface area contributed by atoms with Crippen LogP contribution in [0.4, 0.5) is 0 Å². The lowest BCUT2D eigenvalue weighted by Gasteiger charge is -2.41. The summed E-state index contributed by atoms with van der Waals surface area (Å²) in [6, 6.07) is 16.7. The largest absolute Gasteiger partial charge is 0.497 e. The Morgan fingerprint density at radius 3 is 2.33 bits per heavy atom. The van der Waals surface area contributed by atoms with Gasteiger partial charge in [0.05, 0.1) is 19.8 Å². The number of hydrogen-bond donors (Lipinski definition) is 1. The number of para-hydroxylation sites is 1. The van der Waals surface area contributed by atoms with Gasteiger partial charge in [-0.2, -0.15) is 0 Å². The molecule has 1 N–H and O–H groups in total. The molecule has 33 heavy (non-hydrogen) atoms. The third-order valence-electron chi connectivity index (χ3n) is 7.65. The lowest BCUT2D eigenvalue weighted by atomic mass is 9.71. The van der Waals surface area contributed by atoms with Gasteiger partial charge in [-0.15, -0.1) is 0 Å². The van der Waals surface area contributed by atoms with Gasteiger partial charge in [0.2, 0.25) is 0 Å². The van der Waals surface area contributed by atoms with Crippen LogP contribution < -0.4 is 9.47 Å². The Kier molecular flexibility index (Phi) is 8.29. The van der Waals surface area contributed by atoms with Crippen LogP contribution in [-0.4, -0.2) is 67.5 Å². The molecule has 5 heteroatoms. The van der Waals surface area contributed by atoms with E-state index < -0.39 is 5.60 Å². The van der Waals surface area contributed by atoms with Gasteiger partial charge in [0.25, 0.3) is 0 Å². The Bertz CT molecular complexity index is 873. The molecule has 1 atom stereocenters. The number of aliphatic hydroxyl groups is 1. The Morgan fingerprint density at radius 2 is 1.61 bits per heavy atom. The summed E-state index contributed by atoms with van der Waals surface area (Å²) in [4.78, 5) is 5.08. The number of hydrogen-bond acceptors (Lipinski definition) is 5. The maximum absolute atomic E-state index is 11.7. The van der Waals surface area contributed by atoms with E-state index in [0.29, 0.717) is 0 Å². The van der Waals surface area contributed by atoms with Crippen molar-refractivity contribution in [3.8, 4) is 11.5 Å². The predicted octanol–water partition coefficient (Wildman–Crippen LogP) is 4.69. The van der Waals surface area contributed by atoms with Crippen LogP contribution in [0.2, 0.25) is 0 Å². The number of methoxy groups -OCH3 is 2. The first kappa shape index (κ1) is 24.1. The topological polar surface area (TPSA) is 45.2 Å². The first-order chi connectivity index (χ1) is 16.1. The highest BCUT2D eigenvalue weighted by molar-refractivity contribution is 5.34. The van der Waals surface area contributed by atoms with E-state index in [1.165, 1.54) is 17.5 Å². The summed E-state index contributed by atoms with van der Waals surface area (Å²) in [7, 11) is 3.46. The first-order valence-corrected chi connectivity index (χ1v) is 12.5. The summed E-state index contributed by atoms with van der Waals surface area (Å²) in [5.41, 5.74) is 1.87. The highest BCUT2D eigenvalue weighted by atomic mass is 16.5. The van der Waals surface area contributed by atoms with E-state index >= 15 is 0 Å². The van der Waals surface area contributed by atoms with Gasteiger partial charge >= 0.3 is 0 Å². The van der Waals surface area contributed by atoms with Crippen molar-refractivity contribution >= 4 is 0 Å². The van der Waals surface area contributed by atoms with Gasteiger partial charge in [-0.3, -0.25) is 4.90 Å². The van der Waals surface area contributed by atoms with Gasteiger partial charge in [0, 0.05) is 44.2 Å². The average Bonchev–Trinajstić information content (AvgIpc) is 2.86. The van der Waals surface area contributed by atoms with E-state index in [4.69, 9.17) is 9.47 Å². The number of piperazine rings is 1. The number of benzene rings is 2. The van der Waals surface area contributed by atoms with Gasteiger partial charge in [0.1, 0.15) is 11.5 Å². The quantitative estimate of drug-likeness (QED) is 0.598. The van der Waals surface area contributed by atoms with Crippen molar-refractivity contribution in [3.05, 3.63) is 59.7 Å². The summed E-state index contributed by atoms with van der Waals surface area (Å²) >= 11 is 0. The second-order valence-electron chi connectivity index (χ2n) is 9.71. The second kappa shape index (κ2) is 11.4. The molecule has 0 radical (unpaired) electrons. The molecule has 0 bridgehead atoms. The van der Waals surface area contributed by atoms with E-state index in [9.17, 15) is 5.11 Å². The van der Waals surface area contributed by atoms with Crippen LogP contribution in [0.3, 0.4) is 0 Å². The number of ether oxygens (including phenoxy) is 2. The third kappa shape index (κ3) is 6.08. The molecule has 2 aliphatic rings. The molecule has 0 amide bonds. The van der Waals surface area contributed by atoms with Crippen molar-refractivity contribution in [2.45, 2.75) is 56.6 Å². The fraction of sp³-hybridized carbons (Fsp3) is 0.571. The van der Waals surface area contributed by atoms with Crippen molar-refractivity contribution in [2.75, 3.05) is 46.9 Å². The van der Waals surface area contributed by atoms with E-state index in [0.717, 1.165) is 82.9 Å². The highest BCUT2D eigenvalue weighted by Gasteiger charge is 2.39. The fourth-order valence-electron chi connectivity index (χ4n) is 5.67. The predicted molar refractivity (Wildman–Crippen MR) is 133 cm³/mol. The van der Waals surface area contributed by atoms with Crippen LogP contribution in [0.25, 0.3) is 0 Å². The molecule has 1 aliphatic carbocycles. The molecule has 4 rings (SSSR count). The number of rotatable bonds is 9. The summed E-state index contributed by atoms with van der Waals surface area (Å²) in [6.07, 6.45) is 6.28. The molecule has 2 aromatic rings. The van der Waals surface area contributed by atoms with Crippen molar-refractivity contribution in [3.63, 3.8) is 0 Å². The second-order valence-corrected chi connectivity index (χ2v) is 9.71. The molecule has 0 spiro atoms. The maximum Gasteiger partial charge on any atom is 0.123 e. The zero-order valence-corrected chi connectivity index (χ0v) is 20.3. The van der Waals surface area contributed by atoms with E-state index in [1.807, 2.05) is 18.2 Å². The monoisotopic (exact) mass is 452 g/mol. The van der Waals surface area contributed by atoms with Crippen molar-refractivity contribution in [1.82, 2.24) is 9.80 Å². The molecule has 1 saturated carbocycles. The van der Waals surface area contributed by atoms with Crippen molar-refractivity contribution in [1.29, 1.82) is 0 Å². The fourth-order valence-corrected chi connectivity index (χ4v) is 5.67. The molecule has 5 nitrogen and oxygen atoms in total. The summed E-state index contributed by atoms with van der Waals surface area (Å²) < 4.78 is 11.0. The zero-order valence-electron chi connectivity index (χ0n) is 20.3. The smallest absolute Gasteiger partial charge is 0.123 e. The van der Waals surface area contributed by atoms with Crippen molar-refractivity contribution < 1.29 is 14.6 Å². The van der Waals surface area contributed by atoms with Gasteiger partial charge in [0.15, 0.2) is 0 Å². The standard InChI is InChI=1S/C28H40N2O3/c1-32-25-11-8-10-23(21-25)26(28(31)14-6-3-7-15-28)13-16-29-17-19-30(20-18-29)22-24-9-4-5-12-27(24)33-2/h4-5,8-12,21,26,31H,3,6-7,13-20,22H2,1-2H3. The zero-order chi connectivity index (χ0) is 23.1. The van der Waals surface area contributed by atoms with Gasteiger partial charge < -0.3 is 19.5 Å². The van der Waals surface area contributed by atoms with Crippen molar-refractivity contribution in [2.24, 2.45) is 0 Å². The molecule has 180 valence electrons. The molecule has 1 heterocycles. The van der Waals surface area contributed by atoms with E-state index in [2.05, 4.69) is 40.1 Å². The molecule has 2 fully saturated rings. The Hall–Kier alpha value is -2.08. The maximum atomic E-state index is 11.7. The lowest BCUT2D eigenvalue weighted by Crippen LogP contribution is -2.47. The highest BCUT2D eigenvalue weighted by Crippen LogP contribution is 2.42. The molecule has 0 aromatic heterocycles. The Morgan fingerprint density at radius 1 is 0.879 bits per heavy atom. The number of nitrogens with zero attached hydrogens (tertiary/aromatic N) is 2. The molecule has 1 unspecified atom stereocenters. The third-order valence-corrected chi connectivity index (χ3v) is 7.65. The van der Waals surface area contributed by atoms with Gasteiger partial charge in [-0.1, -0.05) is 49.6 Å². The van der Waals surface area contributed by atoms with Crippen LogP contribution in [0.5, 0.6) is 11.5 Å². The minimum Gasteiger partial charge on any atom is -0.497 e. The van der Waals surface area contributed by atoms with Gasteiger partial charge in [-0.25, -0.2) is 0 Å². The summed E-state index contributed by atoms with van der Waals surface area (Å²) in [5, 5.41) is 11.7.